The van der Waals surface area contributed by atoms with Crippen molar-refractivity contribution in [2.45, 2.75) is 34.3 Å². The van der Waals surface area contributed by atoms with Crippen LogP contribution in [0.1, 0.15) is 49.4 Å². The van der Waals surface area contributed by atoms with Crippen LogP contribution in [0, 0.1) is 10.6 Å². The molecule has 0 saturated carbocycles. The third-order valence-corrected chi connectivity index (χ3v) is 4.41. The Morgan fingerprint density at radius 1 is 1.10 bits per heavy atom. The molecule has 0 aliphatic heterocycles. The van der Waals surface area contributed by atoms with E-state index in [0.717, 1.165) is 0 Å². The van der Waals surface area contributed by atoms with Crippen LogP contribution in [0.25, 0.3) is 11.0 Å². The minimum absolute atomic E-state index is 0.105. The summed E-state index contributed by atoms with van der Waals surface area (Å²) in [5.74, 6) is -0.448. The Kier molecular flexibility index (Phi) is 6.01. The van der Waals surface area contributed by atoms with Crippen LogP contribution < -0.4 is 9.47 Å². The molecule has 0 bridgehead atoms. The highest BCUT2D eigenvalue weighted by Crippen LogP contribution is 2.22. The maximum absolute atomic E-state index is 13.2. The number of rotatable bonds is 6. The van der Waals surface area contributed by atoms with Gasteiger partial charge in [0.25, 0.3) is 11.5 Å². The summed E-state index contributed by atoms with van der Waals surface area (Å²) in [4.78, 5) is 29.8. The van der Waals surface area contributed by atoms with Crippen molar-refractivity contribution in [3.05, 3.63) is 70.7 Å². The molecular weight excluding hydrogens is 384 g/mol. The second-order valence-electron chi connectivity index (χ2n) is 7.81. The van der Waals surface area contributed by atoms with Crippen LogP contribution in [-0.4, -0.2) is 23.3 Å². The van der Waals surface area contributed by atoms with Crippen LogP contribution in [0.15, 0.2) is 48.5 Å². The lowest BCUT2D eigenvalue weighted by molar-refractivity contribution is -0.580. The molecule has 0 spiro atoms. The predicted molar refractivity (Wildman–Crippen MR) is 111 cm³/mol. The Hall–Kier alpha value is -3.48. The van der Waals surface area contributed by atoms with Gasteiger partial charge in [-0.1, -0.05) is 30.3 Å². The zero-order valence-corrected chi connectivity index (χ0v) is 17.5. The number of carbonyl (C=O) groups is 2. The molecule has 0 amide bonds. The van der Waals surface area contributed by atoms with Crippen molar-refractivity contribution < 1.29 is 23.8 Å². The lowest BCUT2D eigenvalue weighted by atomic mass is 9.97. The normalized spacial score (nSPS) is 11.3. The third-order valence-electron chi connectivity index (χ3n) is 4.41. The first-order chi connectivity index (χ1) is 14.2. The van der Waals surface area contributed by atoms with E-state index in [-0.39, 0.29) is 23.5 Å². The van der Waals surface area contributed by atoms with Gasteiger partial charge < -0.3 is 14.7 Å². The zero-order valence-electron chi connectivity index (χ0n) is 17.5. The Morgan fingerprint density at radius 3 is 2.43 bits per heavy atom. The van der Waals surface area contributed by atoms with Crippen molar-refractivity contribution in [1.29, 1.82) is 0 Å². The van der Waals surface area contributed by atoms with Crippen LogP contribution in [0.3, 0.4) is 0 Å². The molecule has 3 aromatic rings. The van der Waals surface area contributed by atoms with Gasteiger partial charge >= 0.3 is 5.97 Å². The van der Waals surface area contributed by atoms with E-state index in [1.807, 2.05) is 6.92 Å². The molecule has 3 rings (SSSR count). The molecule has 0 radical (unpaired) electrons. The lowest BCUT2D eigenvalue weighted by Gasteiger charge is -2.17. The first-order valence-electron chi connectivity index (χ1n) is 9.68. The minimum Gasteiger partial charge on any atom is -0.618 e. The molecule has 30 heavy (non-hydrogen) atoms. The Bertz CT molecular complexity index is 1090. The van der Waals surface area contributed by atoms with Gasteiger partial charge in [-0.05, 0) is 39.8 Å². The molecule has 2 aromatic carbocycles. The van der Waals surface area contributed by atoms with Crippen molar-refractivity contribution in [3.8, 4) is 5.75 Å². The highest BCUT2D eigenvalue weighted by atomic mass is 16.5. The van der Waals surface area contributed by atoms with Gasteiger partial charge in [0.05, 0.1) is 18.1 Å². The van der Waals surface area contributed by atoms with Gasteiger partial charge in [0.1, 0.15) is 17.9 Å². The molecule has 0 atom stereocenters. The van der Waals surface area contributed by atoms with Crippen LogP contribution in [0.2, 0.25) is 0 Å². The van der Waals surface area contributed by atoms with Crippen LogP contribution in [0.4, 0.5) is 0 Å². The Balaban J connectivity index is 2.13. The fraction of sp³-hybridized carbons (Fsp3) is 0.304. The SMILES string of the molecule is CCOc1ccc2nc(COC(=O)C(C)(C)C)c(C(=O)c3ccccc3)[n+]([O-])c2c1. The number of esters is 1. The summed E-state index contributed by atoms with van der Waals surface area (Å²) in [7, 11) is 0. The number of aromatic nitrogens is 2. The number of hydrogen-bond acceptors (Lipinski definition) is 6. The zero-order chi connectivity index (χ0) is 21.9. The molecule has 7 nitrogen and oxygen atoms in total. The number of carbonyl (C=O) groups excluding carboxylic acids is 2. The summed E-state index contributed by atoms with van der Waals surface area (Å²) < 4.78 is 11.4. The maximum Gasteiger partial charge on any atom is 0.311 e. The standard InChI is InChI=1S/C23H24N2O5/c1-5-29-16-11-12-17-19(13-16)25(28)20(21(26)15-9-7-6-8-10-15)18(24-17)14-30-22(27)23(2,3)4/h6-13H,5,14H2,1-4H3. The molecule has 156 valence electrons. The monoisotopic (exact) mass is 408 g/mol. The van der Waals surface area contributed by atoms with E-state index in [2.05, 4.69) is 4.98 Å². The Labute approximate surface area is 174 Å². The van der Waals surface area contributed by atoms with Gasteiger partial charge in [-0.3, -0.25) is 9.59 Å². The van der Waals surface area contributed by atoms with Crippen molar-refractivity contribution >= 4 is 22.8 Å². The second kappa shape index (κ2) is 8.49. The number of benzene rings is 2. The number of fused-ring (bicyclic) bond motifs is 1. The summed E-state index contributed by atoms with van der Waals surface area (Å²) in [6, 6.07) is 13.3. The molecule has 0 fully saturated rings. The minimum atomic E-state index is -0.722. The van der Waals surface area contributed by atoms with E-state index in [1.165, 1.54) is 0 Å². The van der Waals surface area contributed by atoms with Crippen molar-refractivity contribution in [2.24, 2.45) is 5.41 Å². The molecule has 7 heteroatoms. The summed E-state index contributed by atoms with van der Waals surface area (Å²) >= 11 is 0. The van der Waals surface area contributed by atoms with Crippen LogP contribution in [0.5, 0.6) is 5.75 Å². The Morgan fingerprint density at radius 2 is 1.80 bits per heavy atom. The third kappa shape index (κ3) is 4.40. The quantitative estimate of drug-likeness (QED) is 0.268. The van der Waals surface area contributed by atoms with Gasteiger partial charge in [-0.2, -0.15) is 4.73 Å². The average Bonchev–Trinajstić information content (AvgIpc) is 2.72. The van der Waals surface area contributed by atoms with Crippen LogP contribution in [-0.2, 0) is 16.1 Å². The van der Waals surface area contributed by atoms with E-state index < -0.39 is 17.2 Å². The largest absolute Gasteiger partial charge is 0.618 e. The summed E-state index contributed by atoms with van der Waals surface area (Å²) in [6.45, 7) is 7.17. The van der Waals surface area contributed by atoms with Crippen molar-refractivity contribution in [3.63, 3.8) is 0 Å². The average molecular weight is 408 g/mol. The summed E-state index contributed by atoms with van der Waals surface area (Å²) in [5.41, 5.74) is 0.121. The van der Waals surface area contributed by atoms with Gasteiger partial charge in [0, 0.05) is 5.56 Å². The number of nitrogens with zero attached hydrogens (tertiary/aromatic N) is 2. The topological polar surface area (TPSA) is 92.4 Å². The first-order valence-corrected chi connectivity index (χ1v) is 9.68. The van der Waals surface area contributed by atoms with E-state index in [1.54, 1.807) is 69.3 Å². The van der Waals surface area contributed by atoms with Gasteiger partial charge in [0.2, 0.25) is 5.52 Å². The fourth-order valence-electron chi connectivity index (χ4n) is 2.85. The number of ketones is 1. The number of hydrogen-bond donors (Lipinski definition) is 0. The summed E-state index contributed by atoms with van der Waals surface area (Å²) in [5, 5.41) is 13.2. The number of ether oxygens (including phenoxy) is 2. The van der Waals surface area contributed by atoms with Crippen molar-refractivity contribution in [2.75, 3.05) is 6.61 Å². The van der Waals surface area contributed by atoms with E-state index in [0.29, 0.717) is 28.2 Å². The molecule has 1 aromatic heterocycles. The first kappa shape index (κ1) is 21.2. The van der Waals surface area contributed by atoms with E-state index in [4.69, 9.17) is 9.47 Å². The predicted octanol–water partition coefficient (Wildman–Crippen LogP) is 3.59. The summed E-state index contributed by atoms with van der Waals surface area (Å²) in [6.07, 6.45) is 0. The molecule has 0 aliphatic rings. The second-order valence-corrected chi connectivity index (χ2v) is 7.81. The van der Waals surface area contributed by atoms with Gasteiger partial charge in [-0.25, -0.2) is 4.98 Å². The fourth-order valence-corrected chi connectivity index (χ4v) is 2.85. The molecule has 0 saturated heterocycles. The molecule has 0 unspecified atom stereocenters. The van der Waals surface area contributed by atoms with E-state index in [9.17, 15) is 14.8 Å². The molecule has 0 aliphatic carbocycles. The molecule has 0 N–H and O–H groups in total. The van der Waals surface area contributed by atoms with Crippen molar-refractivity contribution in [1.82, 2.24) is 4.98 Å². The van der Waals surface area contributed by atoms with Gasteiger partial charge in [0.15, 0.2) is 5.69 Å². The maximum atomic E-state index is 13.2. The highest BCUT2D eigenvalue weighted by Gasteiger charge is 2.30. The molecule has 1 heterocycles. The van der Waals surface area contributed by atoms with Crippen LogP contribution >= 0.6 is 0 Å². The highest BCUT2D eigenvalue weighted by molar-refractivity contribution is 6.07. The lowest BCUT2D eigenvalue weighted by Crippen LogP contribution is -2.38. The van der Waals surface area contributed by atoms with Gasteiger partial charge in [-0.15, -0.1) is 0 Å². The van der Waals surface area contributed by atoms with E-state index >= 15 is 0 Å². The molecular formula is C23H24N2O5. The smallest absolute Gasteiger partial charge is 0.311 e.